The summed E-state index contributed by atoms with van der Waals surface area (Å²) < 4.78 is 25.5. The molecule has 0 bridgehead atoms. The molecule has 2 rings (SSSR count). The van der Waals surface area contributed by atoms with Gasteiger partial charge in [-0.15, -0.1) is 0 Å². The lowest BCUT2D eigenvalue weighted by molar-refractivity contribution is 0.122. The van der Waals surface area contributed by atoms with Gasteiger partial charge in [0.2, 0.25) is 0 Å². The summed E-state index contributed by atoms with van der Waals surface area (Å²) in [6.07, 6.45) is 2.21. The average Bonchev–Trinajstić information content (AvgIpc) is 2.87. The summed E-state index contributed by atoms with van der Waals surface area (Å²) in [5.74, 6) is 0.912. The summed E-state index contributed by atoms with van der Waals surface area (Å²) >= 11 is 1.72. The second-order valence-electron chi connectivity index (χ2n) is 4.55. The van der Waals surface area contributed by atoms with Crippen LogP contribution in [-0.2, 0) is 12.3 Å². The van der Waals surface area contributed by atoms with Crippen LogP contribution in [0.2, 0.25) is 0 Å². The van der Waals surface area contributed by atoms with Crippen LogP contribution in [0.5, 0.6) is 0 Å². The third kappa shape index (κ3) is 5.03. The van der Waals surface area contributed by atoms with Crippen LogP contribution in [0.15, 0.2) is 36.7 Å². The minimum absolute atomic E-state index is 0.358. The molecule has 22 heavy (non-hydrogen) atoms. The number of aromatic nitrogens is 2. The Morgan fingerprint density at radius 2 is 1.95 bits per heavy atom. The maximum atomic E-state index is 12.2. The lowest BCUT2D eigenvalue weighted by atomic mass is 10.2. The van der Waals surface area contributed by atoms with Crippen LogP contribution in [-0.4, -0.2) is 28.5 Å². The van der Waals surface area contributed by atoms with Crippen molar-refractivity contribution in [2.45, 2.75) is 18.7 Å². The van der Waals surface area contributed by atoms with Gasteiger partial charge >= 0.3 is 6.03 Å². The molecule has 0 spiro atoms. The topological polar surface area (TPSA) is 59.0 Å². The van der Waals surface area contributed by atoms with E-state index in [1.165, 1.54) is 18.0 Å². The maximum Gasteiger partial charge on any atom is 0.323 e. The quantitative estimate of drug-likeness (QED) is 0.852. The Bertz CT molecular complexity index is 616. The third-order valence-electron chi connectivity index (χ3n) is 2.74. The summed E-state index contributed by atoms with van der Waals surface area (Å²) in [4.78, 5) is 11.8. The molecule has 0 aliphatic carbocycles. The molecule has 2 aromatic rings. The monoisotopic (exact) mass is 326 g/mol. The van der Waals surface area contributed by atoms with Gasteiger partial charge in [0.1, 0.15) is 6.54 Å². The van der Waals surface area contributed by atoms with Gasteiger partial charge < -0.3 is 10.6 Å². The molecule has 1 aromatic heterocycles. The first-order valence-electron chi connectivity index (χ1n) is 6.53. The third-order valence-corrected chi connectivity index (χ3v) is 3.36. The predicted octanol–water partition coefficient (Wildman–Crippen LogP) is 3.66. The summed E-state index contributed by atoms with van der Waals surface area (Å²) in [7, 11) is 0. The van der Waals surface area contributed by atoms with Crippen LogP contribution in [0.25, 0.3) is 0 Å². The Labute approximate surface area is 131 Å². The second kappa shape index (κ2) is 7.79. The summed E-state index contributed by atoms with van der Waals surface area (Å²) in [6.45, 7) is -0.500. The molecule has 1 aromatic carbocycles. The van der Waals surface area contributed by atoms with Crippen LogP contribution >= 0.6 is 11.8 Å². The van der Waals surface area contributed by atoms with Crippen molar-refractivity contribution in [1.82, 2.24) is 9.78 Å². The number of nitrogens with zero attached hydrogens (tertiary/aromatic N) is 2. The first-order chi connectivity index (χ1) is 10.6. The molecular weight excluding hydrogens is 310 g/mol. The standard InChI is InChI=1S/C14H16F2N4OS/c1-22-9-10-2-4-11(5-3-10)18-14(21)19-12-6-17-20(7-12)8-13(15)16/h2-7,13H,8-9H2,1H3,(H2,18,19,21). The first-order valence-corrected chi connectivity index (χ1v) is 7.92. The molecule has 0 radical (unpaired) electrons. The molecule has 0 saturated carbocycles. The van der Waals surface area contributed by atoms with Crippen LogP contribution < -0.4 is 10.6 Å². The fourth-order valence-corrected chi connectivity index (χ4v) is 2.34. The van der Waals surface area contributed by atoms with E-state index in [9.17, 15) is 13.6 Å². The van der Waals surface area contributed by atoms with Crippen LogP contribution in [0.4, 0.5) is 25.0 Å². The van der Waals surface area contributed by atoms with Gasteiger partial charge in [0.15, 0.2) is 0 Å². The van der Waals surface area contributed by atoms with E-state index < -0.39 is 19.0 Å². The summed E-state index contributed by atoms with van der Waals surface area (Å²) in [5.41, 5.74) is 2.19. The summed E-state index contributed by atoms with van der Waals surface area (Å²) in [6, 6.07) is 7.05. The number of benzene rings is 1. The number of nitrogens with one attached hydrogen (secondary N) is 2. The fraction of sp³-hybridized carbons (Fsp3) is 0.286. The molecule has 0 atom stereocenters. The first kappa shape index (κ1) is 16.3. The van der Waals surface area contributed by atoms with Gasteiger partial charge in [0.25, 0.3) is 6.43 Å². The Morgan fingerprint density at radius 1 is 1.27 bits per heavy atom. The molecule has 118 valence electrons. The molecule has 0 unspecified atom stereocenters. The van der Waals surface area contributed by atoms with E-state index in [1.54, 1.807) is 11.8 Å². The lowest BCUT2D eigenvalue weighted by Gasteiger charge is -2.06. The van der Waals surface area contributed by atoms with Crippen molar-refractivity contribution in [1.29, 1.82) is 0 Å². The van der Waals surface area contributed by atoms with Crippen molar-refractivity contribution >= 4 is 29.2 Å². The lowest BCUT2D eigenvalue weighted by Crippen LogP contribution is -2.19. The van der Waals surface area contributed by atoms with Crippen molar-refractivity contribution in [3.05, 3.63) is 42.2 Å². The molecule has 2 N–H and O–H groups in total. The number of carbonyl (C=O) groups is 1. The van der Waals surface area contributed by atoms with Gasteiger partial charge in [-0.05, 0) is 24.0 Å². The molecule has 1 heterocycles. The molecule has 0 aliphatic heterocycles. The van der Waals surface area contributed by atoms with Gasteiger partial charge in [0, 0.05) is 17.6 Å². The van der Waals surface area contributed by atoms with Crippen LogP contribution in [0, 0.1) is 0 Å². The Balaban J connectivity index is 1.88. The number of hydrogen-bond acceptors (Lipinski definition) is 3. The van der Waals surface area contributed by atoms with Gasteiger partial charge in [-0.25, -0.2) is 13.6 Å². The van der Waals surface area contributed by atoms with E-state index in [2.05, 4.69) is 15.7 Å². The summed E-state index contributed by atoms with van der Waals surface area (Å²) in [5, 5.41) is 8.95. The number of amides is 2. The van der Waals surface area contributed by atoms with E-state index in [1.807, 2.05) is 30.5 Å². The van der Waals surface area contributed by atoms with E-state index in [0.29, 0.717) is 11.4 Å². The number of carbonyl (C=O) groups excluding carboxylic acids is 1. The SMILES string of the molecule is CSCc1ccc(NC(=O)Nc2cnn(CC(F)F)c2)cc1. The molecule has 0 saturated heterocycles. The van der Waals surface area contributed by atoms with Gasteiger partial charge in [-0.1, -0.05) is 12.1 Å². The number of halogens is 2. The van der Waals surface area contributed by atoms with E-state index in [-0.39, 0.29) is 0 Å². The molecule has 0 aliphatic rings. The van der Waals surface area contributed by atoms with E-state index in [4.69, 9.17) is 0 Å². The predicted molar refractivity (Wildman–Crippen MR) is 84.5 cm³/mol. The minimum Gasteiger partial charge on any atom is -0.308 e. The highest BCUT2D eigenvalue weighted by atomic mass is 32.2. The second-order valence-corrected chi connectivity index (χ2v) is 5.42. The highest BCUT2D eigenvalue weighted by Gasteiger charge is 2.08. The molecule has 0 fully saturated rings. The number of urea groups is 1. The zero-order chi connectivity index (χ0) is 15.9. The van der Waals surface area contributed by atoms with Gasteiger partial charge in [-0.2, -0.15) is 16.9 Å². The largest absolute Gasteiger partial charge is 0.323 e. The van der Waals surface area contributed by atoms with Crippen molar-refractivity contribution in [2.75, 3.05) is 16.9 Å². The molecule has 2 amide bonds. The zero-order valence-electron chi connectivity index (χ0n) is 11.9. The normalized spacial score (nSPS) is 10.7. The highest BCUT2D eigenvalue weighted by Crippen LogP contribution is 2.14. The number of anilines is 2. The van der Waals surface area contributed by atoms with Crippen LogP contribution in [0.1, 0.15) is 5.56 Å². The van der Waals surface area contributed by atoms with Crippen molar-refractivity contribution in [3.63, 3.8) is 0 Å². The molecule has 8 heteroatoms. The fourth-order valence-electron chi connectivity index (χ4n) is 1.81. The number of hydrogen-bond donors (Lipinski definition) is 2. The van der Waals surface area contributed by atoms with Gasteiger partial charge in [0.05, 0.1) is 11.9 Å². The zero-order valence-corrected chi connectivity index (χ0v) is 12.7. The highest BCUT2D eigenvalue weighted by molar-refractivity contribution is 7.97. The number of alkyl halides is 2. The van der Waals surface area contributed by atoms with Gasteiger partial charge in [-0.3, -0.25) is 4.68 Å². The molecular formula is C14H16F2N4OS. The number of thioether (sulfide) groups is 1. The van der Waals surface area contributed by atoms with E-state index in [0.717, 1.165) is 10.4 Å². The van der Waals surface area contributed by atoms with Crippen molar-refractivity contribution < 1.29 is 13.6 Å². The molecule has 5 nitrogen and oxygen atoms in total. The Hall–Kier alpha value is -2.09. The average molecular weight is 326 g/mol. The van der Waals surface area contributed by atoms with E-state index >= 15 is 0 Å². The number of rotatable bonds is 6. The van der Waals surface area contributed by atoms with Crippen LogP contribution in [0.3, 0.4) is 0 Å². The van der Waals surface area contributed by atoms with Crippen molar-refractivity contribution in [2.24, 2.45) is 0 Å². The maximum absolute atomic E-state index is 12.2. The Morgan fingerprint density at radius 3 is 2.59 bits per heavy atom. The minimum atomic E-state index is -2.48. The smallest absolute Gasteiger partial charge is 0.308 e. The van der Waals surface area contributed by atoms with Crippen molar-refractivity contribution in [3.8, 4) is 0 Å². The Kier molecular flexibility index (Phi) is 5.76.